The maximum absolute atomic E-state index is 11.9. The molecule has 1 aromatic rings. The summed E-state index contributed by atoms with van der Waals surface area (Å²) in [6.45, 7) is 2.77. The average Bonchev–Trinajstić information content (AvgIpc) is 2.75. The van der Waals surface area contributed by atoms with Gasteiger partial charge in [0.25, 0.3) is 0 Å². The fraction of sp³-hybridized carbons (Fsp3) is 0.667. The molecule has 0 bridgehead atoms. The van der Waals surface area contributed by atoms with Crippen molar-refractivity contribution in [3.63, 3.8) is 0 Å². The van der Waals surface area contributed by atoms with E-state index in [1.54, 1.807) is 6.20 Å². The molecule has 0 aliphatic carbocycles. The van der Waals surface area contributed by atoms with Crippen LogP contribution in [0.4, 0.5) is 5.95 Å². The maximum atomic E-state index is 11.9. The smallest absolute Gasteiger partial charge is 0.223 e. The minimum absolute atomic E-state index is 0.0590. The van der Waals surface area contributed by atoms with Crippen LogP contribution in [-0.2, 0) is 14.8 Å². The molecule has 20 heavy (non-hydrogen) atoms. The summed E-state index contributed by atoms with van der Waals surface area (Å²) >= 11 is 0. The number of nitrogens with one attached hydrogen (secondary N) is 1. The fourth-order valence-electron chi connectivity index (χ4n) is 2.03. The highest BCUT2D eigenvalue weighted by atomic mass is 32.2. The van der Waals surface area contributed by atoms with E-state index in [1.807, 2.05) is 13.0 Å². The highest BCUT2D eigenvalue weighted by molar-refractivity contribution is 7.89. The van der Waals surface area contributed by atoms with Crippen LogP contribution in [0.25, 0.3) is 0 Å². The third kappa shape index (κ3) is 3.65. The van der Waals surface area contributed by atoms with Gasteiger partial charge in [-0.3, -0.25) is 0 Å². The molecule has 1 N–H and O–H groups in total. The van der Waals surface area contributed by atoms with Gasteiger partial charge in [-0.25, -0.2) is 22.7 Å². The van der Waals surface area contributed by atoms with Crippen LogP contribution in [0.3, 0.4) is 0 Å². The molecule has 0 amide bonds. The molecular weight excluding hydrogens is 280 g/mol. The molecule has 1 saturated heterocycles. The van der Waals surface area contributed by atoms with Crippen molar-refractivity contribution in [2.24, 2.45) is 5.92 Å². The van der Waals surface area contributed by atoms with Crippen LogP contribution in [0.15, 0.2) is 12.3 Å². The molecule has 112 valence electrons. The first-order valence-corrected chi connectivity index (χ1v) is 8.03. The zero-order chi connectivity index (χ0) is 14.8. The van der Waals surface area contributed by atoms with Gasteiger partial charge >= 0.3 is 0 Å². The largest absolute Gasteiger partial charge is 0.379 e. The molecule has 2 atom stereocenters. The van der Waals surface area contributed by atoms with E-state index in [-0.39, 0.29) is 17.7 Å². The lowest BCUT2D eigenvalue weighted by Crippen LogP contribution is -2.37. The molecule has 0 radical (unpaired) electrons. The van der Waals surface area contributed by atoms with Crippen molar-refractivity contribution in [3.8, 4) is 0 Å². The van der Waals surface area contributed by atoms with Crippen molar-refractivity contribution in [3.05, 3.63) is 18.0 Å². The Morgan fingerprint density at radius 1 is 1.45 bits per heavy atom. The third-order valence-corrected chi connectivity index (χ3v) is 5.25. The summed E-state index contributed by atoms with van der Waals surface area (Å²) in [5, 5.41) is 3.16. The number of aromatic nitrogens is 2. The van der Waals surface area contributed by atoms with E-state index in [4.69, 9.17) is 4.74 Å². The summed E-state index contributed by atoms with van der Waals surface area (Å²) < 4.78 is 30.5. The Morgan fingerprint density at radius 2 is 2.20 bits per heavy atom. The number of aryl methyl sites for hydroxylation is 1. The second kappa shape index (κ2) is 6.02. The summed E-state index contributed by atoms with van der Waals surface area (Å²) in [5.41, 5.74) is 0.860. The number of nitrogens with zero attached hydrogens (tertiary/aromatic N) is 3. The highest BCUT2D eigenvalue weighted by Crippen LogP contribution is 2.20. The topological polar surface area (TPSA) is 84.4 Å². The number of anilines is 1. The molecule has 1 aliphatic rings. The first-order valence-electron chi connectivity index (χ1n) is 6.42. The molecular formula is C12H20N4O3S. The Balaban J connectivity index is 2.04. The van der Waals surface area contributed by atoms with Crippen molar-refractivity contribution >= 4 is 16.0 Å². The SMILES string of the molecule is Cc1ccnc(N[C@H]2COC[C@H]2CS(=O)(=O)N(C)C)n1. The van der Waals surface area contributed by atoms with Crippen LogP contribution in [0.5, 0.6) is 0 Å². The van der Waals surface area contributed by atoms with Gasteiger partial charge in [-0.1, -0.05) is 0 Å². The summed E-state index contributed by atoms with van der Waals surface area (Å²) in [4.78, 5) is 8.40. The van der Waals surface area contributed by atoms with Crippen LogP contribution in [0.1, 0.15) is 5.69 Å². The average molecular weight is 300 g/mol. The van der Waals surface area contributed by atoms with Crippen molar-refractivity contribution in [2.75, 3.05) is 38.4 Å². The highest BCUT2D eigenvalue weighted by Gasteiger charge is 2.33. The zero-order valence-corrected chi connectivity index (χ0v) is 12.7. The normalized spacial score (nSPS) is 23.2. The molecule has 2 rings (SSSR count). The lowest BCUT2D eigenvalue weighted by molar-refractivity contribution is 0.187. The first-order chi connectivity index (χ1) is 9.38. The number of rotatable bonds is 5. The predicted molar refractivity (Wildman–Crippen MR) is 76.0 cm³/mol. The first kappa shape index (κ1) is 15.1. The minimum atomic E-state index is -3.24. The van der Waals surface area contributed by atoms with Crippen LogP contribution < -0.4 is 5.32 Å². The third-order valence-electron chi connectivity index (χ3n) is 3.29. The van der Waals surface area contributed by atoms with Crippen LogP contribution in [0.2, 0.25) is 0 Å². The van der Waals surface area contributed by atoms with Crippen LogP contribution in [0, 0.1) is 12.8 Å². The van der Waals surface area contributed by atoms with Crippen molar-refractivity contribution in [2.45, 2.75) is 13.0 Å². The predicted octanol–water partition coefficient (Wildman–Crippen LogP) is 0.103. The van der Waals surface area contributed by atoms with Crippen LogP contribution >= 0.6 is 0 Å². The molecule has 1 aliphatic heterocycles. The molecule has 2 heterocycles. The zero-order valence-electron chi connectivity index (χ0n) is 11.9. The molecule has 1 aromatic heterocycles. The van der Waals surface area contributed by atoms with Crippen molar-refractivity contribution in [1.82, 2.24) is 14.3 Å². The minimum Gasteiger partial charge on any atom is -0.379 e. The van der Waals surface area contributed by atoms with E-state index >= 15 is 0 Å². The number of hydrogen-bond acceptors (Lipinski definition) is 6. The van der Waals surface area contributed by atoms with E-state index in [1.165, 1.54) is 18.4 Å². The van der Waals surface area contributed by atoms with E-state index < -0.39 is 10.0 Å². The van der Waals surface area contributed by atoms with Crippen molar-refractivity contribution < 1.29 is 13.2 Å². The number of sulfonamides is 1. The summed E-state index contributed by atoms with van der Waals surface area (Å²) in [6, 6.07) is 1.72. The Hall–Kier alpha value is -1.25. The van der Waals surface area contributed by atoms with Gasteiger partial charge in [0.15, 0.2) is 0 Å². The summed E-state index contributed by atoms with van der Waals surface area (Å²) in [5.74, 6) is 0.461. The summed E-state index contributed by atoms with van der Waals surface area (Å²) in [7, 11) is -0.165. The molecule has 0 aromatic carbocycles. The molecule has 1 fully saturated rings. The van der Waals surface area contributed by atoms with Crippen LogP contribution in [-0.4, -0.2) is 61.8 Å². The second-order valence-electron chi connectivity index (χ2n) is 5.13. The fourth-order valence-corrected chi connectivity index (χ4v) is 3.19. The Kier molecular flexibility index (Phi) is 4.56. The van der Waals surface area contributed by atoms with E-state index in [0.29, 0.717) is 19.2 Å². The molecule has 0 unspecified atom stereocenters. The van der Waals surface area contributed by atoms with Gasteiger partial charge in [0.05, 0.1) is 25.0 Å². The lowest BCUT2D eigenvalue weighted by Gasteiger charge is -2.20. The van der Waals surface area contributed by atoms with E-state index in [0.717, 1.165) is 5.69 Å². The summed E-state index contributed by atoms with van der Waals surface area (Å²) in [6.07, 6.45) is 1.67. The molecule has 0 saturated carbocycles. The van der Waals surface area contributed by atoms with Gasteiger partial charge in [0.2, 0.25) is 16.0 Å². The van der Waals surface area contributed by atoms with Gasteiger partial charge in [-0.15, -0.1) is 0 Å². The maximum Gasteiger partial charge on any atom is 0.223 e. The van der Waals surface area contributed by atoms with Gasteiger partial charge in [-0.05, 0) is 13.0 Å². The lowest BCUT2D eigenvalue weighted by atomic mass is 10.1. The Morgan fingerprint density at radius 3 is 2.85 bits per heavy atom. The van der Waals surface area contributed by atoms with Crippen molar-refractivity contribution in [1.29, 1.82) is 0 Å². The van der Waals surface area contributed by atoms with E-state index in [2.05, 4.69) is 15.3 Å². The van der Waals surface area contributed by atoms with Gasteiger partial charge < -0.3 is 10.1 Å². The second-order valence-corrected chi connectivity index (χ2v) is 7.36. The molecule has 7 nitrogen and oxygen atoms in total. The monoisotopic (exact) mass is 300 g/mol. The van der Waals surface area contributed by atoms with E-state index in [9.17, 15) is 8.42 Å². The van der Waals surface area contributed by atoms with Gasteiger partial charge in [0.1, 0.15) is 0 Å². The number of ether oxygens (including phenoxy) is 1. The standard InChI is InChI=1S/C12H20N4O3S/c1-9-4-5-13-12(14-9)15-11-7-19-6-10(11)8-20(17,18)16(2)3/h4-5,10-11H,6-8H2,1-3H3,(H,13,14,15)/t10-,11-/m0/s1. The molecule has 8 heteroatoms. The molecule has 0 spiro atoms. The Bertz CT molecular complexity index is 562. The number of hydrogen-bond donors (Lipinski definition) is 1. The quantitative estimate of drug-likeness (QED) is 0.830. The van der Waals surface area contributed by atoms with Gasteiger partial charge in [-0.2, -0.15) is 0 Å². The van der Waals surface area contributed by atoms with Gasteiger partial charge in [0, 0.05) is 31.9 Å². The Labute approximate surface area is 119 Å².